The predicted molar refractivity (Wildman–Crippen MR) is 120 cm³/mol. The Labute approximate surface area is 215 Å². The molecule has 0 spiro atoms. The van der Waals surface area contributed by atoms with E-state index in [2.05, 4.69) is 15.9 Å². The molecule has 0 heterocycles. The molecular formula is C22H14BrF9O3S2. The van der Waals surface area contributed by atoms with Gasteiger partial charge in [0, 0.05) is 19.2 Å². The first-order chi connectivity index (χ1) is 16.9. The molecular weight excluding hydrogens is 627 g/mol. The van der Waals surface area contributed by atoms with Crippen molar-refractivity contribution in [3.63, 3.8) is 0 Å². The first kappa shape index (κ1) is 29.3. The Kier molecular flexibility index (Phi) is 7.78. The van der Waals surface area contributed by atoms with Crippen LogP contribution < -0.4 is 0 Å². The Morgan fingerprint density at radius 3 is 1.32 bits per heavy atom. The largest absolute Gasteiger partial charge is 0.460 e. The zero-order valence-corrected chi connectivity index (χ0v) is 21.1. The Bertz CT molecular complexity index is 1290. The van der Waals surface area contributed by atoms with E-state index in [0.717, 1.165) is 0 Å². The van der Waals surface area contributed by atoms with Crippen LogP contribution in [0.5, 0.6) is 0 Å². The zero-order chi connectivity index (χ0) is 27.9. The Morgan fingerprint density at radius 2 is 0.946 bits per heavy atom. The summed E-state index contributed by atoms with van der Waals surface area (Å²) in [6.45, 7) is 0. The molecule has 0 amide bonds. The molecule has 0 radical (unpaired) electrons. The van der Waals surface area contributed by atoms with E-state index in [9.17, 15) is 47.9 Å². The lowest BCUT2D eigenvalue weighted by molar-refractivity contribution is -0.382. The number of hydrogen-bond acceptors (Lipinski definition) is 3. The second-order valence-corrected chi connectivity index (χ2v) is 12.7. The molecule has 3 nitrogen and oxygen atoms in total. The topological polar surface area (TPSA) is 43.4 Å². The normalized spacial score (nSPS) is 14.4. The van der Waals surface area contributed by atoms with Crippen molar-refractivity contribution < 1.29 is 51.6 Å². The van der Waals surface area contributed by atoms with Crippen LogP contribution in [0.2, 0.25) is 0 Å². The highest BCUT2D eigenvalue weighted by molar-refractivity contribution is 9.10. The Morgan fingerprint density at radius 1 is 0.568 bits per heavy atom. The van der Waals surface area contributed by atoms with Crippen molar-refractivity contribution in [2.75, 3.05) is 0 Å². The van der Waals surface area contributed by atoms with Crippen LogP contribution in [-0.4, -0.2) is 31.7 Å². The van der Waals surface area contributed by atoms with Gasteiger partial charge >= 0.3 is 33.4 Å². The number of benzene rings is 3. The third kappa shape index (κ3) is 4.86. The van der Waals surface area contributed by atoms with Gasteiger partial charge < -0.3 is 0 Å². The van der Waals surface area contributed by atoms with Crippen LogP contribution in [0.15, 0.2) is 104 Å². The van der Waals surface area contributed by atoms with E-state index in [4.69, 9.17) is 3.63 Å². The van der Waals surface area contributed by atoms with Crippen molar-refractivity contribution in [2.24, 2.45) is 0 Å². The van der Waals surface area contributed by atoms with E-state index < -0.39 is 43.7 Å². The lowest BCUT2D eigenvalue weighted by atomic mass is 10.1. The van der Waals surface area contributed by atoms with Gasteiger partial charge in [-0.15, -0.1) is 0 Å². The fourth-order valence-electron chi connectivity index (χ4n) is 3.07. The second kappa shape index (κ2) is 9.82. The Balaban J connectivity index is 2.34. The van der Waals surface area contributed by atoms with Crippen LogP contribution in [0.4, 0.5) is 39.5 Å². The molecule has 0 N–H and O–H groups in total. The van der Waals surface area contributed by atoms with Gasteiger partial charge in [-0.05, 0) is 58.8 Å². The van der Waals surface area contributed by atoms with Gasteiger partial charge in [0.15, 0.2) is 0 Å². The summed E-state index contributed by atoms with van der Waals surface area (Å²) in [5, 5.41) is -7.02. The van der Waals surface area contributed by atoms with E-state index >= 15 is 0 Å². The quantitative estimate of drug-likeness (QED) is 0.232. The summed E-state index contributed by atoms with van der Waals surface area (Å²) in [5.41, 5.74) is 0. The maximum atomic E-state index is 14.7. The molecule has 0 aliphatic carbocycles. The van der Waals surface area contributed by atoms with Gasteiger partial charge in [0.25, 0.3) is 0 Å². The molecule has 0 bridgehead atoms. The van der Waals surface area contributed by atoms with Gasteiger partial charge in [0.1, 0.15) is 0 Å². The molecule has 3 aromatic rings. The average molecular weight is 641 g/mol. The van der Waals surface area contributed by atoms with Crippen molar-refractivity contribution in [2.45, 2.75) is 38.0 Å². The van der Waals surface area contributed by atoms with Crippen LogP contribution in [0, 0.1) is 0 Å². The van der Waals surface area contributed by atoms with Crippen molar-refractivity contribution in [1.82, 2.24) is 0 Å². The maximum Gasteiger partial charge on any atom is 0.460 e. The highest BCUT2D eigenvalue weighted by atomic mass is 79.9. The summed E-state index contributed by atoms with van der Waals surface area (Å²) in [6, 6.07) is 18.1. The first-order valence-electron chi connectivity index (χ1n) is 9.77. The van der Waals surface area contributed by atoms with Crippen LogP contribution >= 0.6 is 26.2 Å². The molecule has 0 saturated heterocycles. The van der Waals surface area contributed by atoms with Gasteiger partial charge in [0.05, 0.1) is 0 Å². The highest BCUT2D eigenvalue weighted by Crippen LogP contribution is 2.71. The lowest BCUT2D eigenvalue weighted by Crippen LogP contribution is -2.63. The summed E-state index contributed by atoms with van der Waals surface area (Å²) in [5.74, 6) is -14.9. The minimum atomic E-state index is -7.44. The van der Waals surface area contributed by atoms with Gasteiger partial charge in [-0.1, -0.05) is 52.3 Å². The van der Waals surface area contributed by atoms with Crippen molar-refractivity contribution in [3.8, 4) is 0 Å². The molecule has 202 valence electrons. The monoisotopic (exact) mass is 640 g/mol. The SMILES string of the molecule is O=S(=O)(OS(c1ccccc1)(c1ccccc1)c1ccc(Br)cc1)C(F)(F)C(F)(F)C(F)(F)C(F)(F)F. The number of hydrogen-bond donors (Lipinski definition) is 0. The molecule has 15 heteroatoms. The van der Waals surface area contributed by atoms with E-state index in [1.807, 2.05) is 0 Å². The van der Waals surface area contributed by atoms with Crippen molar-refractivity contribution >= 4 is 36.4 Å². The summed E-state index contributed by atoms with van der Waals surface area (Å²) < 4.78 is 153. The smallest absolute Gasteiger partial charge is 0.202 e. The van der Waals surface area contributed by atoms with Crippen molar-refractivity contribution in [3.05, 3.63) is 89.4 Å². The minimum absolute atomic E-state index is 0.159. The molecule has 37 heavy (non-hydrogen) atoms. The van der Waals surface area contributed by atoms with Gasteiger partial charge in [0.2, 0.25) is 0 Å². The summed E-state index contributed by atoms with van der Waals surface area (Å²) in [7, 11) is -11.2. The molecule has 0 atom stereocenters. The van der Waals surface area contributed by atoms with Crippen molar-refractivity contribution in [1.29, 1.82) is 0 Å². The van der Waals surface area contributed by atoms with Crippen LogP contribution in [0.25, 0.3) is 0 Å². The van der Waals surface area contributed by atoms with E-state index in [1.165, 1.54) is 84.9 Å². The molecule has 0 unspecified atom stereocenters. The van der Waals surface area contributed by atoms with E-state index in [0.29, 0.717) is 4.47 Å². The van der Waals surface area contributed by atoms with Gasteiger partial charge in [-0.3, -0.25) is 0 Å². The maximum absolute atomic E-state index is 14.7. The first-order valence-corrected chi connectivity index (χ1v) is 13.5. The van der Waals surface area contributed by atoms with E-state index in [1.54, 1.807) is 0 Å². The highest BCUT2D eigenvalue weighted by Gasteiger charge is 2.86. The van der Waals surface area contributed by atoms with Gasteiger partial charge in [-0.2, -0.15) is 47.9 Å². The summed E-state index contributed by atoms with van der Waals surface area (Å²) in [4.78, 5) is -0.485. The van der Waals surface area contributed by atoms with Crippen LogP contribution in [-0.2, 0) is 13.7 Å². The molecule has 0 aliphatic rings. The Hall–Kier alpha value is -2.23. The van der Waals surface area contributed by atoms with E-state index in [-0.39, 0.29) is 14.7 Å². The predicted octanol–water partition coefficient (Wildman–Crippen LogP) is 8.42. The summed E-state index contributed by atoms with van der Waals surface area (Å²) in [6.07, 6.45) is -7.20. The fourth-order valence-corrected chi connectivity index (χ4v) is 8.55. The number of alkyl halides is 9. The minimum Gasteiger partial charge on any atom is -0.202 e. The molecule has 0 aliphatic heterocycles. The third-order valence-electron chi connectivity index (χ3n) is 4.92. The third-order valence-corrected chi connectivity index (χ3v) is 10.7. The molecule has 3 aromatic carbocycles. The second-order valence-electron chi connectivity index (χ2n) is 7.32. The van der Waals surface area contributed by atoms with Gasteiger partial charge in [-0.25, -0.2) is 3.63 Å². The fraction of sp³-hybridized carbons (Fsp3) is 0.182. The molecule has 0 aromatic heterocycles. The zero-order valence-electron chi connectivity index (χ0n) is 17.9. The average Bonchev–Trinajstić information content (AvgIpc) is 2.83. The lowest BCUT2D eigenvalue weighted by Gasteiger charge is -2.41. The molecule has 0 saturated carbocycles. The number of rotatable bonds is 8. The number of halogens is 10. The summed E-state index contributed by atoms with van der Waals surface area (Å²) >= 11 is 3.13. The molecule has 0 fully saturated rings. The molecule has 3 rings (SSSR count). The van der Waals surface area contributed by atoms with Crippen LogP contribution in [0.1, 0.15) is 0 Å². The van der Waals surface area contributed by atoms with Crippen LogP contribution in [0.3, 0.4) is 0 Å². The standard InChI is InChI=1S/C22H14BrF9O3S2/c23-15-11-13-18(14-12-15)36(16-7-3-1-4-8-16,17-9-5-2-6-10-17)35-37(33,34)22(31,32)20(26,27)19(24,25)21(28,29)30/h1-14H.